The third-order valence-corrected chi connectivity index (χ3v) is 7.49. The van der Waals surface area contributed by atoms with E-state index in [0.717, 1.165) is 10.0 Å². The number of carbonyl (C=O) groups excluding carboxylic acids is 1. The lowest BCUT2D eigenvalue weighted by Crippen LogP contribution is -2.29. The number of hydrogen-bond donors (Lipinski definition) is 0. The molecule has 0 saturated heterocycles. The molecule has 0 N–H and O–H groups in total. The van der Waals surface area contributed by atoms with Crippen molar-refractivity contribution in [3.63, 3.8) is 0 Å². The van der Waals surface area contributed by atoms with E-state index in [4.69, 9.17) is 18.6 Å². The maximum Gasteiger partial charge on any atom is 0.295 e. The van der Waals surface area contributed by atoms with Crippen LogP contribution in [0.4, 0.5) is 5.69 Å². The normalized spacial score (nSPS) is 14.3. The molecule has 0 aliphatic carbocycles. The molecular weight excluding hydrogens is 586 g/mol. The molecule has 1 aliphatic heterocycles. The maximum absolute atomic E-state index is 14.0. The third kappa shape index (κ3) is 4.95. The first-order valence-electron chi connectivity index (χ1n) is 13.2. The fourth-order valence-corrected chi connectivity index (χ4v) is 5.47. The molecular formula is C33H26BrNO6. The Bertz CT molecular complexity index is 1800. The van der Waals surface area contributed by atoms with E-state index in [1.54, 1.807) is 66.6 Å². The summed E-state index contributed by atoms with van der Waals surface area (Å²) in [5.74, 6) is 1.33. The standard InChI is InChI=1S/C33H26BrNO6/c1-3-39-24-13-11-23(12-14-24)35-30(29-31(36)25-18-22(34)10-16-26(25)41-32(29)33(35)37)21-9-15-27(28(17-21)38-2)40-19-20-7-5-4-6-8-20/h4-18,30H,3,19H2,1-2H3. The number of methoxy groups -OCH3 is 1. The number of carbonyl (C=O) groups is 1. The predicted octanol–water partition coefficient (Wildman–Crippen LogP) is 7.29. The minimum Gasteiger partial charge on any atom is -0.494 e. The van der Waals surface area contributed by atoms with E-state index in [1.165, 1.54) is 0 Å². The van der Waals surface area contributed by atoms with Gasteiger partial charge in [0.25, 0.3) is 5.91 Å². The van der Waals surface area contributed by atoms with Gasteiger partial charge in [-0.15, -0.1) is 0 Å². The van der Waals surface area contributed by atoms with Gasteiger partial charge >= 0.3 is 0 Å². The monoisotopic (exact) mass is 611 g/mol. The molecule has 1 unspecified atom stereocenters. The van der Waals surface area contributed by atoms with Crippen molar-refractivity contribution in [2.75, 3.05) is 18.6 Å². The summed E-state index contributed by atoms with van der Waals surface area (Å²) in [7, 11) is 1.56. The van der Waals surface area contributed by atoms with Crippen molar-refractivity contribution in [3.8, 4) is 17.2 Å². The predicted molar refractivity (Wildman–Crippen MR) is 160 cm³/mol. The SMILES string of the molecule is CCOc1ccc(N2C(=O)c3oc4ccc(Br)cc4c(=O)c3C2c2ccc(OCc3ccccc3)c(OC)c2)cc1. The molecule has 0 fully saturated rings. The molecule has 41 heavy (non-hydrogen) atoms. The molecule has 4 aromatic carbocycles. The highest BCUT2D eigenvalue weighted by Crippen LogP contribution is 2.43. The molecule has 0 spiro atoms. The average Bonchev–Trinajstić information content (AvgIpc) is 3.29. The first-order valence-corrected chi connectivity index (χ1v) is 13.9. The van der Waals surface area contributed by atoms with Gasteiger partial charge in [0, 0.05) is 10.2 Å². The van der Waals surface area contributed by atoms with Crippen molar-refractivity contribution in [3.05, 3.63) is 128 Å². The number of halogens is 1. The molecule has 1 aliphatic rings. The highest BCUT2D eigenvalue weighted by molar-refractivity contribution is 9.10. The first kappa shape index (κ1) is 26.7. The molecule has 8 heteroatoms. The lowest BCUT2D eigenvalue weighted by atomic mass is 9.97. The minimum atomic E-state index is -0.757. The number of hydrogen-bond acceptors (Lipinski definition) is 6. The highest BCUT2D eigenvalue weighted by atomic mass is 79.9. The van der Waals surface area contributed by atoms with Crippen LogP contribution in [0.25, 0.3) is 11.0 Å². The Kier molecular flexibility index (Phi) is 7.24. The van der Waals surface area contributed by atoms with Gasteiger partial charge in [0.15, 0.2) is 16.9 Å². The molecule has 0 radical (unpaired) electrons. The number of benzene rings is 4. The van der Waals surface area contributed by atoms with Crippen molar-refractivity contribution in [1.82, 2.24) is 0 Å². The van der Waals surface area contributed by atoms with E-state index >= 15 is 0 Å². The van der Waals surface area contributed by atoms with Crippen LogP contribution in [0.5, 0.6) is 17.2 Å². The molecule has 6 rings (SSSR count). The Morgan fingerprint density at radius 3 is 2.39 bits per heavy atom. The lowest BCUT2D eigenvalue weighted by molar-refractivity contribution is 0.0971. The second-order valence-electron chi connectivity index (χ2n) is 9.50. The molecule has 0 bridgehead atoms. The smallest absolute Gasteiger partial charge is 0.295 e. The summed E-state index contributed by atoms with van der Waals surface area (Å²) >= 11 is 3.45. The zero-order chi connectivity index (χ0) is 28.5. The van der Waals surface area contributed by atoms with E-state index in [2.05, 4.69) is 15.9 Å². The van der Waals surface area contributed by atoms with Crippen LogP contribution in [-0.2, 0) is 6.61 Å². The summed E-state index contributed by atoms with van der Waals surface area (Å²) in [6, 6.07) is 26.9. The topological polar surface area (TPSA) is 78.2 Å². The third-order valence-electron chi connectivity index (χ3n) is 7.00. The van der Waals surface area contributed by atoms with E-state index in [1.807, 2.05) is 43.3 Å². The van der Waals surface area contributed by atoms with E-state index < -0.39 is 11.9 Å². The Labute approximate surface area is 245 Å². The van der Waals surface area contributed by atoms with Crippen LogP contribution < -0.4 is 24.5 Å². The van der Waals surface area contributed by atoms with Crippen LogP contribution in [0.15, 0.2) is 105 Å². The molecule has 7 nitrogen and oxygen atoms in total. The number of anilines is 1. The van der Waals surface area contributed by atoms with Crippen molar-refractivity contribution in [1.29, 1.82) is 0 Å². The molecule has 2 heterocycles. The van der Waals surface area contributed by atoms with Crippen LogP contribution in [0.1, 0.15) is 40.2 Å². The second kappa shape index (κ2) is 11.1. The fraction of sp³-hybridized carbons (Fsp3) is 0.152. The summed E-state index contributed by atoms with van der Waals surface area (Å²) in [6.07, 6.45) is 0. The van der Waals surface area contributed by atoms with Gasteiger partial charge < -0.3 is 18.6 Å². The Balaban J connectivity index is 1.48. The zero-order valence-corrected chi connectivity index (χ0v) is 24.0. The number of rotatable bonds is 8. The molecule has 5 aromatic rings. The van der Waals surface area contributed by atoms with Crippen molar-refractivity contribution >= 4 is 38.5 Å². The van der Waals surface area contributed by atoms with Gasteiger partial charge in [0.05, 0.1) is 30.7 Å². The molecule has 1 aromatic heterocycles. The van der Waals surface area contributed by atoms with Crippen molar-refractivity contribution in [2.24, 2.45) is 0 Å². The van der Waals surface area contributed by atoms with Gasteiger partial charge in [0.2, 0.25) is 5.76 Å². The first-order chi connectivity index (χ1) is 20.0. The number of ether oxygens (including phenoxy) is 3. The summed E-state index contributed by atoms with van der Waals surface area (Å²) in [6.45, 7) is 2.80. The van der Waals surface area contributed by atoms with E-state index in [-0.39, 0.29) is 16.8 Å². The van der Waals surface area contributed by atoms with E-state index in [9.17, 15) is 9.59 Å². The zero-order valence-electron chi connectivity index (χ0n) is 22.4. The van der Waals surface area contributed by atoms with Crippen molar-refractivity contribution in [2.45, 2.75) is 19.6 Å². The van der Waals surface area contributed by atoms with Crippen LogP contribution in [0.2, 0.25) is 0 Å². The number of fused-ring (bicyclic) bond motifs is 2. The highest BCUT2D eigenvalue weighted by Gasteiger charge is 2.44. The molecule has 206 valence electrons. The molecule has 0 saturated carbocycles. The average molecular weight is 612 g/mol. The fourth-order valence-electron chi connectivity index (χ4n) is 5.11. The molecule has 1 amide bonds. The van der Waals surface area contributed by atoms with Crippen LogP contribution in [-0.4, -0.2) is 19.6 Å². The van der Waals surface area contributed by atoms with Gasteiger partial charge in [0.1, 0.15) is 17.9 Å². The number of amides is 1. The lowest BCUT2D eigenvalue weighted by Gasteiger charge is -2.26. The molecule has 1 atom stereocenters. The van der Waals surface area contributed by atoms with Gasteiger partial charge in [-0.05, 0) is 72.6 Å². The summed E-state index contributed by atoms with van der Waals surface area (Å²) in [4.78, 5) is 29.5. The quantitative estimate of drug-likeness (QED) is 0.183. The van der Waals surface area contributed by atoms with Crippen LogP contribution in [0.3, 0.4) is 0 Å². The Morgan fingerprint density at radius 2 is 1.66 bits per heavy atom. The Hall–Kier alpha value is -4.56. The van der Waals surface area contributed by atoms with Gasteiger partial charge in [-0.2, -0.15) is 0 Å². The van der Waals surface area contributed by atoms with E-state index in [0.29, 0.717) is 52.7 Å². The summed E-state index contributed by atoms with van der Waals surface area (Å²) in [5.41, 5.74) is 2.65. The minimum absolute atomic E-state index is 0.0204. The van der Waals surface area contributed by atoms with Gasteiger partial charge in [-0.25, -0.2) is 0 Å². The largest absolute Gasteiger partial charge is 0.494 e. The second-order valence-corrected chi connectivity index (χ2v) is 10.4. The maximum atomic E-state index is 14.0. The van der Waals surface area contributed by atoms with Crippen LogP contribution in [0, 0.1) is 0 Å². The summed E-state index contributed by atoms with van der Waals surface area (Å²) < 4.78 is 24.2. The van der Waals surface area contributed by atoms with Gasteiger partial charge in [-0.3, -0.25) is 14.5 Å². The van der Waals surface area contributed by atoms with Gasteiger partial charge in [-0.1, -0.05) is 52.3 Å². The van der Waals surface area contributed by atoms with Crippen LogP contribution >= 0.6 is 15.9 Å². The summed E-state index contributed by atoms with van der Waals surface area (Å²) in [5, 5.41) is 0.388. The Morgan fingerprint density at radius 1 is 0.878 bits per heavy atom. The van der Waals surface area contributed by atoms with Crippen molar-refractivity contribution < 1.29 is 23.4 Å². The number of nitrogens with zero attached hydrogens (tertiary/aromatic N) is 1.